The van der Waals surface area contributed by atoms with Crippen molar-refractivity contribution in [1.29, 1.82) is 0 Å². The molecule has 2 aromatic rings. The first-order chi connectivity index (χ1) is 11.0. The van der Waals surface area contributed by atoms with E-state index in [1.54, 1.807) is 12.1 Å². The zero-order valence-corrected chi connectivity index (χ0v) is 13.9. The number of hydrogen-bond acceptors (Lipinski definition) is 4. The van der Waals surface area contributed by atoms with E-state index in [1.165, 1.54) is 17.0 Å². The van der Waals surface area contributed by atoms with Gasteiger partial charge in [-0.1, -0.05) is 13.3 Å². The van der Waals surface area contributed by atoms with Gasteiger partial charge >= 0.3 is 0 Å². The molecule has 0 atom stereocenters. The number of halogens is 1. The number of amides is 2. The van der Waals surface area contributed by atoms with Crippen molar-refractivity contribution in [2.75, 3.05) is 6.54 Å². The summed E-state index contributed by atoms with van der Waals surface area (Å²) < 4.78 is 0.493. The van der Waals surface area contributed by atoms with Gasteiger partial charge in [0.15, 0.2) is 0 Å². The molecule has 0 N–H and O–H groups in total. The Morgan fingerprint density at radius 3 is 2.26 bits per heavy atom. The number of nitro benzene ring substituents is 1. The second-order valence-corrected chi connectivity index (χ2v) is 6.20. The SMILES string of the molecule is CCCCN1C(=O)c2ccc(Br)c3c([N+](=O)[O-])ccc(c23)C1=O. The quantitative estimate of drug-likeness (QED) is 0.460. The minimum Gasteiger partial charge on any atom is -0.274 e. The second kappa shape index (κ2) is 5.73. The first-order valence-electron chi connectivity index (χ1n) is 7.23. The number of non-ortho nitro benzene ring substituents is 1. The molecule has 0 saturated carbocycles. The lowest BCUT2D eigenvalue weighted by atomic mass is 9.93. The Bertz CT molecular complexity index is 841. The number of nitro groups is 1. The van der Waals surface area contributed by atoms with Crippen molar-refractivity contribution in [2.45, 2.75) is 19.8 Å². The third-order valence-electron chi connectivity index (χ3n) is 3.97. The Labute approximate surface area is 140 Å². The highest BCUT2D eigenvalue weighted by Crippen LogP contribution is 2.39. The third kappa shape index (κ3) is 2.31. The van der Waals surface area contributed by atoms with Crippen LogP contribution >= 0.6 is 15.9 Å². The molecule has 0 saturated heterocycles. The summed E-state index contributed by atoms with van der Waals surface area (Å²) in [6, 6.07) is 5.97. The Morgan fingerprint density at radius 2 is 1.70 bits per heavy atom. The van der Waals surface area contributed by atoms with Gasteiger partial charge in [-0.2, -0.15) is 0 Å². The third-order valence-corrected chi connectivity index (χ3v) is 4.63. The molecule has 0 spiro atoms. The first-order valence-corrected chi connectivity index (χ1v) is 8.02. The highest BCUT2D eigenvalue weighted by molar-refractivity contribution is 9.10. The van der Waals surface area contributed by atoms with E-state index in [-0.39, 0.29) is 5.69 Å². The highest BCUT2D eigenvalue weighted by atomic mass is 79.9. The molecule has 2 amide bonds. The van der Waals surface area contributed by atoms with Crippen LogP contribution in [0.5, 0.6) is 0 Å². The maximum Gasteiger partial charge on any atom is 0.278 e. The lowest BCUT2D eigenvalue weighted by Gasteiger charge is -2.27. The first kappa shape index (κ1) is 15.6. The molecule has 6 nitrogen and oxygen atoms in total. The van der Waals surface area contributed by atoms with E-state index >= 15 is 0 Å². The second-order valence-electron chi connectivity index (χ2n) is 5.35. The van der Waals surface area contributed by atoms with Gasteiger partial charge in [0.05, 0.1) is 10.3 Å². The summed E-state index contributed by atoms with van der Waals surface area (Å²) in [6.45, 7) is 2.33. The number of imide groups is 1. The van der Waals surface area contributed by atoms with Crippen LogP contribution in [0.3, 0.4) is 0 Å². The summed E-state index contributed by atoms with van der Waals surface area (Å²) in [5, 5.41) is 11.9. The molecule has 3 rings (SSSR count). The van der Waals surface area contributed by atoms with Gasteiger partial charge in [-0.25, -0.2) is 0 Å². The zero-order chi connectivity index (χ0) is 16.7. The number of unbranched alkanes of at least 4 members (excludes halogenated alkanes) is 1. The van der Waals surface area contributed by atoms with E-state index in [2.05, 4.69) is 15.9 Å². The Morgan fingerprint density at radius 1 is 1.09 bits per heavy atom. The fraction of sp³-hybridized carbons (Fsp3) is 0.250. The van der Waals surface area contributed by atoms with Crippen LogP contribution in [0.25, 0.3) is 10.8 Å². The van der Waals surface area contributed by atoms with Crippen LogP contribution in [0.1, 0.15) is 40.5 Å². The van der Waals surface area contributed by atoms with E-state index in [0.717, 1.165) is 12.8 Å². The van der Waals surface area contributed by atoms with Crippen LogP contribution in [0, 0.1) is 10.1 Å². The summed E-state index contributed by atoms with van der Waals surface area (Å²) in [7, 11) is 0. The number of nitrogens with zero attached hydrogens (tertiary/aromatic N) is 2. The van der Waals surface area contributed by atoms with E-state index in [9.17, 15) is 19.7 Å². The average Bonchev–Trinajstić information content (AvgIpc) is 2.53. The summed E-state index contributed by atoms with van der Waals surface area (Å²) in [4.78, 5) is 37.2. The average molecular weight is 377 g/mol. The van der Waals surface area contributed by atoms with Gasteiger partial charge in [-0.3, -0.25) is 24.6 Å². The molecular weight excluding hydrogens is 364 g/mol. The van der Waals surface area contributed by atoms with E-state index in [0.29, 0.717) is 32.9 Å². The predicted molar refractivity (Wildman–Crippen MR) is 88.6 cm³/mol. The van der Waals surface area contributed by atoms with Crippen LogP contribution in [-0.4, -0.2) is 28.2 Å². The number of carbonyl (C=O) groups is 2. The maximum atomic E-state index is 12.6. The Balaban J connectivity index is 2.31. The van der Waals surface area contributed by atoms with Crippen molar-refractivity contribution in [1.82, 2.24) is 4.90 Å². The van der Waals surface area contributed by atoms with Crippen LogP contribution in [0.4, 0.5) is 5.69 Å². The van der Waals surface area contributed by atoms with E-state index in [1.807, 2.05) is 6.92 Å². The largest absolute Gasteiger partial charge is 0.278 e. The Hall–Kier alpha value is -2.28. The van der Waals surface area contributed by atoms with Crippen molar-refractivity contribution in [2.24, 2.45) is 0 Å². The molecule has 7 heteroatoms. The van der Waals surface area contributed by atoms with Gasteiger partial charge in [0.1, 0.15) is 0 Å². The summed E-state index contributed by atoms with van der Waals surface area (Å²) >= 11 is 3.29. The van der Waals surface area contributed by atoms with Crippen LogP contribution in [-0.2, 0) is 0 Å². The molecule has 0 aliphatic carbocycles. The lowest BCUT2D eigenvalue weighted by molar-refractivity contribution is -0.383. The molecule has 0 fully saturated rings. The molecule has 0 radical (unpaired) electrons. The fourth-order valence-electron chi connectivity index (χ4n) is 2.85. The zero-order valence-electron chi connectivity index (χ0n) is 12.3. The summed E-state index contributed by atoms with van der Waals surface area (Å²) in [5.41, 5.74) is 0.537. The molecule has 1 heterocycles. The van der Waals surface area contributed by atoms with E-state index < -0.39 is 16.7 Å². The van der Waals surface area contributed by atoms with E-state index in [4.69, 9.17) is 0 Å². The van der Waals surface area contributed by atoms with Crippen molar-refractivity contribution >= 4 is 44.2 Å². The minimum atomic E-state index is -0.508. The van der Waals surface area contributed by atoms with Gasteiger partial charge in [-0.15, -0.1) is 0 Å². The molecule has 1 aliphatic heterocycles. The molecule has 2 aromatic carbocycles. The van der Waals surface area contributed by atoms with Gasteiger partial charge < -0.3 is 0 Å². The van der Waals surface area contributed by atoms with Gasteiger partial charge in [0.25, 0.3) is 17.5 Å². The molecule has 0 unspecified atom stereocenters. The van der Waals surface area contributed by atoms with Gasteiger partial charge in [0, 0.05) is 33.6 Å². The summed E-state index contributed by atoms with van der Waals surface area (Å²) in [6.07, 6.45) is 1.58. The predicted octanol–water partition coefficient (Wildman–Crippen LogP) is 3.91. The van der Waals surface area contributed by atoms with Crippen molar-refractivity contribution in [3.05, 3.63) is 50.0 Å². The molecule has 1 aliphatic rings. The highest BCUT2D eigenvalue weighted by Gasteiger charge is 2.35. The number of benzene rings is 2. The smallest absolute Gasteiger partial charge is 0.274 e. The van der Waals surface area contributed by atoms with Crippen LogP contribution in [0.15, 0.2) is 28.7 Å². The monoisotopic (exact) mass is 376 g/mol. The topological polar surface area (TPSA) is 80.5 Å². The van der Waals surface area contributed by atoms with Gasteiger partial charge in [0.2, 0.25) is 0 Å². The molecule has 0 bridgehead atoms. The normalized spacial score (nSPS) is 13.7. The standard InChI is InChI=1S/C16H13BrN2O4/c1-2-3-8-18-15(20)9-4-6-11(17)14-12(19(22)23)7-5-10(13(9)14)16(18)21/h4-7H,2-3,8H2,1H3. The number of carbonyl (C=O) groups excluding carboxylic acids is 2. The van der Waals surface area contributed by atoms with Gasteiger partial charge in [-0.05, 0) is 40.5 Å². The van der Waals surface area contributed by atoms with Crippen molar-refractivity contribution in [3.63, 3.8) is 0 Å². The number of rotatable bonds is 4. The van der Waals surface area contributed by atoms with Crippen LogP contribution < -0.4 is 0 Å². The lowest BCUT2D eigenvalue weighted by Crippen LogP contribution is -2.40. The van der Waals surface area contributed by atoms with Crippen LogP contribution in [0.2, 0.25) is 0 Å². The molecular formula is C16H13BrN2O4. The fourth-order valence-corrected chi connectivity index (χ4v) is 3.38. The minimum absolute atomic E-state index is 0.125. The molecule has 0 aromatic heterocycles. The molecule has 118 valence electrons. The Kier molecular flexibility index (Phi) is 3.89. The summed E-state index contributed by atoms with van der Waals surface area (Å²) in [5.74, 6) is -0.789. The molecule has 23 heavy (non-hydrogen) atoms. The van der Waals surface area contributed by atoms with Crippen molar-refractivity contribution < 1.29 is 14.5 Å². The van der Waals surface area contributed by atoms with Crippen molar-refractivity contribution in [3.8, 4) is 0 Å². The maximum absolute atomic E-state index is 12.6. The number of hydrogen-bond donors (Lipinski definition) is 0.